The molecule has 5 nitrogen and oxygen atoms in total. The molecule has 20 heavy (non-hydrogen) atoms. The topological polar surface area (TPSA) is 74.8 Å². The fourth-order valence-corrected chi connectivity index (χ4v) is 4.16. The summed E-state index contributed by atoms with van der Waals surface area (Å²) in [5, 5.41) is 6.23. The second-order valence-corrected chi connectivity index (χ2v) is 8.16. The summed E-state index contributed by atoms with van der Waals surface area (Å²) in [6.45, 7) is 6.86. The maximum atomic E-state index is 12.1. The van der Waals surface area contributed by atoms with Gasteiger partial charge in [0, 0.05) is 12.2 Å². The molecule has 0 atom stereocenters. The summed E-state index contributed by atoms with van der Waals surface area (Å²) in [6, 6.07) is 0.0545. The molecule has 0 unspecified atom stereocenters. The lowest BCUT2D eigenvalue weighted by Crippen LogP contribution is -2.39. The Labute approximate surface area is 121 Å². The molecule has 0 amide bonds. The van der Waals surface area contributed by atoms with Gasteiger partial charge in [0.25, 0.3) is 0 Å². The van der Waals surface area contributed by atoms with Crippen molar-refractivity contribution in [2.45, 2.75) is 63.8 Å². The summed E-state index contributed by atoms with van der Waals surface area (Å²) in [7, 11) is -3.42. The maximum absolute atomic E-state index is 12.1. The van der Waals surface area contributed by atoms with E-state index in [2.05, 4.69) is 35.7 Å². The average Bonchev–Trinajstić information content (AvgIpc) is 2.93. The lowest BCUT2D eigenvalue weighted by Gasteiger charge is -2.38. The highest BCUT2D eigenvalue weighted by atomic mass is 32.2. The standard InChI is InChI=1S/C14H25N3O2S/c1-4-14(2,3)11-5-7-12(8-6-11)17-20(18,19)13-9-15-16-10-13/h9-12,17H,4-8H2,1-3H3,(H,15,16). The van der Waals surface area contributed by atoms with Gasteiger partial charge in [0.1, 0.15) is 4.90 Å². The van der Waals surface area contributed by atoms with Gasteiger partial charge in [-0.05, 0) is 37.0 Å². The second kappa shape index (κ2) is 5.85. The number of sulfonamides is 1. The van der Waals surface area contributed by atoms with Crippen LogP contribution in [0.2, 0.25) is 0 Å². The third-order valence-corrected chi connectivity index (χ3v) is 6.34. The summed E-state index contributed by atoms with van der Waals surface area (Å²) >= 11 is 0. The van der Waals surface area contributed by atoms with Crippen LogP contribution in [-0.4, -0.2) is 24.7 Å². The Morgan fingerprint density at radius 2 is 2.00 bits per heavy atom. The first-order chi connectivity index (χ1) is 9.35. The van der Waals surface area contributed by atoms with Gasteiger partial charge >= 0.3 is 0 Å². The first-order valence-electron chi connectivity index (χ1n) is 7.36. The van der Waals surface area contributed by atoms with Crippen molar-refractivity contribution in [1.29, 1.82) is 0 Å². The Hall–Kier alpha value is -0.880. The molecule has 0 spiro atoms. The van der Waals surface area contributed by atoms with Gasteiger partial charge in [-0.2, -0.15) is 5.10 Å². The van der Waals surface area contributed by atoms with Crippen LogP contribution in [0.15, 0.2) is 17.3 Å². The van der Waals surface area contributed by atoms with Crippen LogP contribution in [0.25, 0.3) is 0 Å². The molecule has 2 N–H and O–H groups in total. The number of H-pyrrole nitrogens is 1. The molecule has 1 saturated carbocycles. The van der Waals surface area contributed by atoms with E-state index in [-0.39, 0.29) is 10.9 Å². The van der Waals surface area contributed by atoms with Gasteiger partial charge in [0.15, 0.2) is 0 Å². The quantitative estimate of drug-likeness (QED) is 0.877. The zero-order chi connectivity index (χ0) is 14.8. The predicted octanol–water partition coefficient (Wildman–Crippen LogP) is 2.68. The second-order valence-electron chi connectivity index (χ2n) is 6.45. The van der Waals surface area contributed by atoms with E-state index >= 15 is 0 Å². The molecule has 1 aliphatic rings. The lowest BCUT2D eigenvalue weighted by atomic mass is 9.69. The number of nitrogens with one attached hydrogen (secondary N) is 2. The van der Waals surface area contributed by atoms with E-state index in [0.717, 1.165) is 25.7 Å². The zero-order valence-corrected chi connectivity index (χ0v) is 13.3. The van der Waals surface area contributed by atoms with Gasteiger partial charge in [-0.25, -0.2) is 13.1 Å². The molecular weight excluding hydrogens is 274 g/mol. The number of aromatic nitrogens is 2. The largest absolute Gasteiger partial charge is 0.284 e. The molecule has 1 aromatic heterocycles. The number of rotatable bonds is 5. The van der Waals surface area contributed by atoms with Crippen molar-refractivity contribution >= 4 is 10.0 Å². The molecule has 1 heterocycles. The fourth-order valence-electron chi connectivity index (χ4n) is 2.95. The molecule has 6 heteroatoms. The van der Waals surface area contributed by atoms with Gasteiger partial charge in [-0.3, -0.25) is 5.10 Å². The Bertz CT molecular complexity index is 515. The molecule has 0 aliphatic heterocycles. The molecule has 1 aromatic rings. The van der Waals surface area contributed by atoms with Crippen molar-refractivity contribution in [3.63, 3.8) is 0 Å². The van der Waals surface area contributed by atoms with Gasteiger partial charge in [-0.1, -0.05) is 27.2 Å². The summed E-state index contributed by atoms with van der Waals surface area (Å²) in [4.78, 5) is 0.216. The SMILES string of the molecule is CCC(C)(C)C1CCC(NS(=O)(=O)c2cn[nH]c2)CC1. The highest BCUT2D eigenvalue weighted by Gasteiger charge is 2.33. The van der Waals surface area contributed by atoms with Crippen LogP contribution >= 0.6 is 0 Å². The highest BCUT2D eigenvalue weighted by molar-refractivity contribution is 7.89. The van der Waals surface area contributed by atoms with E-state index < -0.39 is 10.0 Å². The normalized spacial score (nSPS) is 24.8. The van der Waals surface area contributed by atoms with Crippen molar-refractivity contribution in [3.05, 3.63) is 12.4 Å². The van der Waals surface area contributed by atoms with Crippen LogP contribution in [0.4, 0.5) is 0 Å². The summed E-state index contributed by atoms with van der Waals surface area (Å²) < 4.78 is 27.0. The van der Waals surface area contributed by atoms with E-state index in [0.29, 0.717) is 11.3 Å². The van der Waals surface area contributed by atoms with Crippen molar-refractivity contribution < 1.29 is 8.42 Å². The summed E-state index contributed by atoms with van der Waals surface area (Å²) in [5.74, 6) is 0.696. The Balaban J connectivity index is 1.92. The molecule has 0 saturated heterocycles. The smallest absolute Gasteiger partial charge is 0.243 e. The van der Waals surface area contributed by atoms with Gasteiger partial charge in [0.05, 0.1) is 6.20 Å². The number of hydrogen-bond acceptors (Lipinski definition) is 3. The number of hydrogen-bond donors (Lipinski definition) is 2. The molecule has 1 fully saturated rings. The van der Waals surface area contributed by atoms with Crippen LogP contribution in [0.3, 0.4) is 0 Å². The summed E-state index contributed by atoms with van der Waals surface area (Å²) in [5.41, 5.74) is 0.356. The number of nitrogens with zero attached hydrogens (tertiary/aromatic N) is 1. The maximum Gasteiger partial charge on any atom is 0.243 e. The van der Waals surface area contributed by atoms with Crippen LogP contribution in [0.1, 0.15) is 52.9 Å². The van der Waals surface area contributed by atoms with Crippen molar-refractivity contribution in [2.75, 3.05) is 0 Å². The van der Waals surface area contributed by atoms with Gasteiger partial charge in [0.2, 0.25) is 10.0 Å². The van der Waals surface area contributed by atoms with Crippen LogP contribution in [0.5, 0.6) is 0 Å². The molecule has 0 radical (unpaired) electrons. The van der Waals surface area contributed by atoms with E-state index in [4.69, 9.17) is 0 Å². The van der Waals surface area contributed by atoms with Crippen LogP contribution in [0, 0.1) is 11.3 Å². The molecule has 114 valence electrons. The van der Waals surface area contributed by atoms with Gasteiger partial charge < -0.3 is 0 Å². The van der Waals surface area contributed by atoms with Gasteiger partial charge in [-0.15, -0.1) is 0 Å². The zero-order valence-electron chi connectivity index (χ0n) is 12.5. The average molecular weight is 299 g/mol. The molecule has 0 bridgehead atoms. The van der Waals surface area contributed by atoms with Crippen molar-refractivity contribution in [3.8, 4) is 0 Å². The Morgan fingerprint density at radius 3 is 2.50 bits per heavy atom. The molecule has 1 aliphatic carbocycles. The third-order valence-electron chi connectivity index (χ3n) is 4.85. The van der Waals surface area contributed by atoms with Crippen molar-refractivity contribution in [1.82, 2.24) is 14.9 Å². The highest BCUT2D eigenvalue weighted by Crippen LogP contribution is 2.40. The van der Waals surface area contributed by atoms with Crippen LogP contribution in [-0.2, 0) is 10.0 Å². The first-order valence-corrected chi connectivity index (χ1v) is 8.84. The minimum absolute atomic E-state index is 0.0545. The monoisotopic (exact) mass is 299 g/mol. The lowest BCUT2D eigenvalue weighted by molar-refractivity contribution is 0.142. The summed E-state index contributed by atoms with van der Waals surface area (Å²) in [6.07, 6.45) is 7.96. The minimum Gasteiger partial charge on any atom is -0.284 e. The predicted molar refractivity (Wildman–Crippen MR) is 78.7 cm³/mol. The Kier molecular flexibility index (Phi) is 4.54. The van der Waals surface area contributed by atoms with E-state index in [1.54, 1.807) is 0 Å². The van der Waals surface area contributed by atoms with Crippen LogP contribution < -0.4 is 4.72 Å². The minimum atomic E-state index is -3.42. The molecular formula is C14H25N3O2S. The fraction of sp³-hybridized carbons (Fsp3) is 0.786. The molecule has 0 aromatic carbocycles. The van der Waals surface area contributed by atoms with E-state index in [1.807, 2.05) is 0 Å². The Morgan fingerprint density at radius 1 is 1.35 bits per heavy atom. The van der Waals surface area contributed by atoms with E-state index in [1.165, 1.54) is 18.8 Å². The first kappa shape index (κ1) is 15.5. The van der Waals surface area contributed by atoms with Crippen molar-refractivity contribution in [2.24, 2.45) is 11.3 Å². The third kappa shape index (κ3) is 3.41. The van der Waals surface area contributed by atoms with E-state index in [9.17, 15) is 8.42 Å². The molecule has 2 rings (SSSR count). The number of aromatic amines is 1.